The standard InChI is InChI=1S/C25H35BrN2O3S/c1-28(32(29,30)25-16-10-22(26)11-17-25)23-12-14-24(15-13-23)31-19-7-3-2-4-8-21-9-5-6-18-27-20-21/h10-17,21,27H,2-9,18-20H2,1H3. The molecular formula is C25H35BrN2O3S. The highest BCUT2D eigenvalue weighted by molar-refractivity contribution is 9.10. The Morgan fingerprint density at radius 3 is 2.47 bits per heavy atom. The highest BCUT2D eigenvalue weighted by Crippen LogP contribution is 2.25. The Morgan fingerprint density at radius 1 is 1.00 bits per heavy atom. The Bertz CT molecular complexity index is 909. The van der Waals surface area contributed by atoms with Crippen LogP contribution in [0.1, 0.15) is 51.4 Å². The smallest absolute Gasteiger partial charge is 0.264 e. The lowest BCUT2D eigenvalue weighted by Gasteiger charge is -2.20. The van der Waals surface area contributed by atoms with E-state index in [9.17, 15) is 8.42 Å². The van der Waals surface area contributed by atoms with E-state index in [1.165, 1.54) is 62.3 Å². The molecule has 176 valence electrons. The molecule has 1 atom stereocenters. The number of hydrogen-bond donors (Lipinski definition) is 1. The van der Waals surface area contributed by atoms with Crippen LogP contribution in [0.2, 0.25) is 0 Å². The molecule has 0 bridgehead atoms. The van der Waals surface area contributed by atoms with E-state index in [1.807, 2.05) is 12.1 Å². The first-order valence-corrected chi connectivity index (χ1v) is 13.9. The fraction of sp³-hybridized carbons (Fsp3) is 0.520. The first-order valence-electron chi connectivity index (χ1n) is 11.6. The van der Waals surface area contributed by atoms with E-state index < -0.39 is 10.0 Å². The van der Waals surface area contributed by atoms with Crippen LogP contribution in [0.15, 0.2) is 57.9 Å². The van der Waals surface area contributed by atoms with Crippen LogP contribution in [0.3, 0.4) is 0 Å². The second kappa shape index (κ2) is 12.6. The van der Waals surface area contributed by atoms with Crippen LogP contribution in [0.5, 0.6) is 5.75 Å². The lowest BCUT2D eigenvalue weighted by Crippen LogP contribution is -2.26. The van der Waals surface area contributed by atoms with Crippen LogP contribution in [0, 0.1) is 5.92 Å². The number of halogens is 1. The summed E-state index contributed by atoms with van der Waals surface area (Å²) < 4.78 is 33.6. The highest BCUT2D eigenvalue weighted by atomic mass is 79.9. The van der Waals surface area contributed by atoms with Crippen molar-refractivity contribution in [2.45, 2.75) is 56.3 Å². The third-order valence-corrected chi connectivity index (χ3v) is 8.43. The van der Waals surface area contributed by atoms with Crippen molar-refractivity contribution >= 4 is 31.6 Å². The molecule has 1 aliphatic rings. The third-order valence-electron chi connectivity index (χ3n) is 6.10. The van der Waals surface area contributed by atoms with E-state index in [0.717, 1.165) is 22.6 Å². The lowest BCUT2D eigenvalue weighted by atomic mass is 9.96. The summed E-state index contributed by atoms with van der Waals surface area (Å²) in [7, 11) is -2.03. The highest BCUT2D eigenvalue weighted by Gasteiger charge is 2.21. The van der Waals surface area contributed by atoms with E-state index in [1.54, 1.807) is 43.4 Å². The van der Waals surface area contributed by atoms with Crippen LogP contribution >= 0.6 is 15.9 Å². The number of sulfonamides is 1. The predicted molar refractivity (Wildman–Crippen MR) is 135 cm³/mol. The van der Waals surface area contributed by atoms with Crippen molar-refractivity contribution < 1.29 is 13.2 Å². The maximum absolute atomic E-state index is 12.8. The van der Waals surface area contributed by atoms with E-state index in [0.29, 0.717) is 12.3 Å². The summed E-state index contributed by atoms with van der Waals surface area (Å²) in [5.74, 6) is 1.63. The van der Waals surface area contributed by atoms with Gasteiger partial charge < -0.3 is 10.1 Å². The molecule has 7 heteroatoms. The molecule has 2 aromatic rings. The second-order valence-corrected chi connectivity index (χ2v) is 11.4. The summed E-state index contributed by atoms with van der Waals surface area (Å²) >= 11 is 3.33. The Hall–Kier alpha value is -1.57. The number of unbranched alkanes of at least 4 members (excludes halogenated alkanes) is 3. The molecule has 1 saturated heterocycles. The largest absolute Gasteiger partial charge is 0.494 e. The van der Waals surface area contributed by atoms with Gasteiger partial charge in [-0.2, -0.15) is 0 Å². The van der Waals surface area contributed by atoms with Gasteiger partial charge in [0.15, 0.2) is 0 Å². The zero-order valence-corrected chi connectivity index (χ0v) is 21.3. The van der Waals surface area contributed by atoms with E-state index in [4.69, 9.17) is 4.74 Å². The zero-order chi connectivity index (χ0) is 22.8. The molecular weight excluding hydrogens is 488 g/mol. The second-order valence-electron chi connectivity index (χ2n) is 8.54. The van der Waals surface area contributed by atoms with Gasteiger partial charge in [0, 0.05) is 11.5 Å². The van der Waals surface area contributed by atoms with Crippen molar-refractivity contribution in [1.82, 2.24) is 5.32 Å². The maximum Gasteiger partial charge on any atom is 0.264 e. The van der Waals surface area contributed by atoms with Gasteiger partial charge in [-0.3, -0.25) is 4.31 Å². The van der Waals surface area contributed by atoms with Gasteiger partial charge in [0.1, 0.15) is 5.75 Å². The molecule has 1 heterocycles. The summed E-state index contributed by atoms with van der Waals surface area (Å²) in [6, 6.07) is 13.9. The summed E-state index contributed by atoms with van der Waals surface area (Å²) in [4.78, 5) is 0.263. The van der Waals surface area contributed by atoms with Crippen LogP contribution in [-0.2, 0) is 10.0 Å². The molecule has 0 aliphatic carbocycles. The number of nitrogens with one attached hydrogen (secondary N) is 1. The fourth-order valence-corrected chi connectivity index (χ4v) is 5.53. The molecule has 2 aromatic carbocycles. The van der Waals surface area contributed by atoms with Crippen molar-refractivity contribution in [1.29, 1.82) is 0 Å². The molecule has 1 aliphatic heterocycles. The van der Waals surface area contributed by atoms with Crippen molar-refractivity contribution in [3.63, 3.8) is 0 Å². The van der Waals surface area contributed by atoms with Gasteiger partial charge in [0.2, 0.25) is 0 Å². The third kappa shape index (κ3) is 7.49. The van der Waals surface area contributed by atoms with Crippen molar-refractivity contribution in [2.24, 2.45) is 5.92 Å². The fourth-order valence-electron chi connectivity index (χ4n) is 4.07. The normalized spacial score (nSPS) is 17.0. The lowest BCUT2D eigenvalue weighted by molar-refractivity contribution is 0.303. The molecule has 5 nitrogen and oxygen atoms in total. The van der Waals surface area contributed by atoms with Gasteiger partial charge in [-0.05, 0) is 93.2 Å². The molecule has 0 saturated carbocycles. The summed E-state index contributed by atoms with van der Waals surface area (Å²) in [6.45, 7) is 3.07. The van der Waals surface area contributed by atoms with Crippen LogP contribution in [0.25, 0.3) is 0 Å². The first-order chi connectivity index (χ1) is 15.5. The molecule has 0 radical (unpaired) electrons. The maximum atomic E-state index is 12.8. The average molecular weight is 524 g/mol. The minimum absolute atomic E-state index is 0.263. The van der Waals surface area contributed by atoms with Gasteiger partial charge in [0.25, 0.3) is 10.0 Å². The van der Waals surface area contributed by atoms with E-state index in [2.05, 4.69) is 21.2 Å². The Kier molecular flexibility index (Phi) is 9.88. The minimum atomic E-state index is -3.59. The van der Waals surface area contributed by atoms with Gasteiger partial charge in [-0.1, -0.05) is 41.6 Å². The number of nitrogens with zero attached hydrogens (tertiary/aromatic N) is 1. The molecule has 1 unspecified atom stereocenters. The van der Waals surface area contributed by atoms with Crippen LogP contribution in [0.4, 0.5) is 5.69 Å². The monoisotopic (exact) mass is 522 g/mol. The summed E-state index contributed by atoms with van der Waals surface area (Å²) in [5, 5.41) is 3.55. The molecule has 0 amide bonds. The number of hydrogen-bond acceptors (Lipinski definition) is 4. The SMILES string of the molecule is CN(c1ccc(OCCCCCCC2CCCCNC2)cc1)S(=O)(=O)c1ccc(Br)cc1. The number of benzene rings is 2. The van der Waals surface area contributed by atoms with Gasteiger partial charge >= 0.3 is 0 Å². The predicted octanol–water partition coefficient (Wildman–Crippen LogP) is 5.99. The van der Waals surface area contributed by atoms with Gasteiger partial charge in [0.05, 0.1) is 17.2 Å². The topological polar surface area (TPSA) is 58.6 Å². The molecule has 0 aromatic heterocycles. The number of rotatable bonds is 11. The molecule has 32 heavy (non-hydrogen) atoms. The molecule has 1 N–H and O–H groups in total. The van der Waals surface area contributed by atoms with Gasteiger partial charge in [-0.15, -0.1) is 0 Å². The Labute approximate surface area is 201 Å². The Morgan fingerprint density at radius 2 is 1.72 bits per heavy atom. The Balaban J connectivity index is 1.37. The van der Waals surface area contributed by atoms with Crippen molar-refractivity contribution in [3.8, 4) is 5.75 Å². The molecule has 0 spiro atoms. The summed E-state index contributed by atoms with van der Waals surface area (Å²) in [6.07, 6.45) is 10.2. The van der Waals surface area contributed by atoms with E-state index >= 15 is 0 Å². The van der Waals surface area contributed by atoms with Crippen molar-refractivity contribution in [2.75, 3.05) is 31.0 Å². The van der Waals surface area contributed by atoms with Crippen LogP contribution in [-0.4, -0.2) is 35.2 Å². The van der Waals surface area contributed by atoms with Crippen molar-refractivity contribution in [3.05, 3.63) is 53.0 Å². The van der Waals surface area contributed by atoms with E-state index in [-0.39, 0.29) is 4.90 Å². The molecule has 3 rings (SSSR count). The number of ether oxygens (including phenoxy) is 1. The number of anilines is 1. The van der Waals surface area contributed by atoms with Gasteiger partial charge in [-0.25, -0.2) is 8.42 Å². The minimum Gasteiger partial charge on any atom is -0.494 e. The quantitative estimate of drug-likeness (QED) is 0.368. The first kappa shape index (κ1) is 25.1. The van der Waals surface area contributed by atoms with Crippen LogP contribution < -0.4 is 14.4 Å². The molecule has 1 fully saturated rings. The average Bonchev–Trinajstić information content (AvgIpc) is 3.07. The summed E-state index contributed by atoms with van der Waals surface area (Å²) in [5.41, 5.74) is 0.605. The zero-order valence-electron chi connectivity index (χ0n) is 18.9.